The lowest BCUT2D eigenvalue weighted by atomic mass is 10.4. The Morgan fingerprint density at radius 2 is 1.52 bits per heavy atom. The van der Waals surface area contributed by atoms with E-state index in [1.165, 1.54) is 6.07 Å². The predicted molar refractivity (Wildman–Crippen MR) is 91.1 cm³/mol. The molecule has 21 heavy (non-hydrogen) atoms. The van der Waals surface area contributed by atoms with Gasteiger partial charge in [-0.25, -0.2) is 0 Å². The van der Waals surface area contributed by atoms with Gasteiger partial charge in [0.15, 0.2) is 13.0 Å². The molecule has 0 fully saturated rings. The molecule has 2 rings (SSSR count). The highest BCUT2D eigenvalue weighted by Crippen LogP contribution is 2.55. The van der Waals surface area contributed by atoms with Crippen molar-refractivity contribution in [1.82, 2.24) is 0 Å². The quantitative estimate of drug-likeness (QED) is 0.632. The highest BCUT2D eigenvalue weighted by molar-refractivity contribution is 7.79. The fourth-order valence-electron chi connectivity index (χ4n) is 1.97. The first kappa shape index (κ1) is 17.1. The molecule has 2 aromatic carbocycles. The number of hydrogen-bond acceptors (Lipinski definition) is 2. The number of rotatable bonds is 3. The van der Waals surface area contributed by atoms with Crippen molar-refractivity contribution < 1.29 is 9.67 Å². The van der Waals surface area contributed by atoms with E-state index in [-0.39, 0.29) is 0 Å². The van der Waals surface area contributed by atoms with E-state index in [2.05, 4.69) is 0 Å². The summed E-state index contributed by atoms with van der Waals surface area (Å²) in [5, 5.41) is 11.5. The molecule has 0 bridgehead atoms. The fraction of sp³-hybridized carbons (Fsp3) is 0.143. The van der Waals surface area contributed by atoms with Crippen molar-refractivity contribution in [3.05, 3.63) is 59.6 Å². The van der Waals surface area contributed by atoms with Gasteiger partial charge in [-0.2, -0.15) is 0 Å². The van der Waals surface area contributed by atoms with E-state index in [0.717, 1.165) is 0 Å². The summed E-state index contributed by atoms with van der Waals surface area (Å²) in [6, 6.07) is 14.8. The molecular formula is C14H11Cl4O2P. The van der Waals surface area contributed by atoms with Crippen molar-refractivity contribution in [3.8, 4) is 0 Å². The summed E-state index contributed by atoms with van der Waals surface area (Å²) in [5.74, 6) is -1.68. The van der Waals surface area contributed by atoms with Gasteiger partial charge in [0.05, 0.1) is 0 Å². The Bertz CT molecular complexity index is 670. The number of aliphatic hydroxyl groups is 1. The molecule has 1 N–H and O–H groups in total. The standard InChI is InChI=1S/C14H11Cl4O2P/c15-10-5-4-8-12(9-10)21(20,13(19)14(16,17)18)11-6-2-1-3-7-11/h1-9,13,19H. The molecular weight excluding hydrogens is 373 g/mol. The Morgan fingerprint density at radius 3 is 2.05 bits per heavy atom. The van der Waals surface area contributed by atoms with Crippen LogP contribution < -0.4 is 10.6 Å². The van der Waals surface area contributed by atoms with E-state index in [1.807, 2.05) is 0 Å². The van der Waals surface area contributed by atoms with E-state index in [1.54, 1.807) is 48.5 Å². The van der Waals surface area contributed by atoms with E-state index in [9.17, 15) is 9.67 Å². The van der Waals surface area contributed by atoms with Crippen molar-refractivity contribution >= 4 is 64.2 Å². The molecule has 0 aliphatic heterocycles. The highest BCUT2D eigenvalue weighted by atomic mass is 35.6. The summed E-state index contributed by atoms with van der Waals surface area (Å²) < 4.78 is 11.5. The smallest absolute Gasteiger partial charge is 0.223 e. The second-order valence-electron chi connectivity index (χ2n) is 4.39. The molecule has 7 heteroatoms. The summed E-state index contributed by atoms with van der Waals surface area (Å²) in [4.78, 5) is 0. The zero-order chi connectivity index (χ0) is 15.7. The minimum Gasteiger partial charge on any atom is -0.380 e. The van der Waals surface area contributed by atoms with Gasteiger partial charge in [0, 0.05) is 15.6 Å². The minimum absolute atomic E-state index is 0.333. The molecule has 0 spiro atoms. The number of aliphatic hydroxyl groups excluding tert-OH is 1. The second kappa shape index (κ2) is 6.50. The third-order valence-corrected chi connectivity index (χ3v) is 7.47. The van der Waals surface area contributed by atoms with E-state index in [4.69, 9.17) is 46.4 Å². The van der Waals surface area contributed by atoms with Crippen LogP contribution in [0.5, 0.6) is 0 Å². The van der Waals surface area contributed by atoms with E-state index < -0.39 is 16.8 Å². The first-order valence-corrected chi connectivity index (χ1v) is 9.21. The zero-order valence-electron chi connectivity index (χ0n) is 10.6. The van der Waals surface area contributed by atoms with Crippen molar-refractivity contribution in [2.45, 2.75) is 9.64 Å². The molecule has 0 saturated heterocycles. The number of alkyl halides is 3. The van der Waals surface area contributed by atoms with Crippen LogP contribution in [0.2, 0.25) is 5.02 Å². The predicted octanol–water partition coefficient (Wildman–Crippen LogP) is 4.34. The molecule has 2 atom stereocenters. The average molecular weight is 384 g/mol. The molecule has 2 unspecified atom stereocenters. The molecule has 0 aliphatic carbocycles. The van der Waals surface area contributed by atoms with Crippen LogP contribution in [0, 0.1) is 0 Å². The summed E-state index contributed by atoms with van der Waals surface area (Å²) in [6.45, 7) is 0. The Kier molecular flexibility index (Phi) is 5.31. The Morgan fingerprint density at radius 1 is 0.952 bits per heavy atom. The summed E-state index contributed by atoms with van der Waals surface area (Å²) in [6.07, 6.45) is 0. The van der Waals surface area contributed by atoms with Crippen LogP contribution >= 0.6 is 53.5 Å². The molecule has 112 valence electrons. The molecule has 0 amide bonds. The maximum absolute atomic E-state index is 13.6. The van der Waals surface area contributed by atoms with Crippen molar-refractivity contribution in [1.29, 1.82) is 0 Å². The first-order valence-electron chi connectivity index (χ1n) is 5.92. The SMILES string of the molecule is O=P(c1ccccc1)(c1cccc(Cl)c1)C(O)C(Cl)(Cl)Cl. The number of hydrogen-bond donors (Lipinski definition) is 1. The van der Waals surface area contributed by atoms with Gasteiger partial charge in [-0.3, -0.25) is 0 Å². The lowest BCUT2D eigenvalue weighted by Crippen LogP contribution is -2.34. The van der Waals surface area contributed by atoms with Crippen LogP contribution in [-0.2, 0) is 4.57 Å². The fourth-order valence-corrected chi connectivity index (χ4v) is 6.00. The van der Waals surface area contributed by atoms with Gasteiger partial charge >= 0.3 is 0 Å². The van der Waals surface area contributed by atoms with Gasteiger partial charge in [-0.05, 0) is 12.1 Å². The third kappa shape index (κ3) is 3.59. The second-order valence-corrected chi connectivity index (χ2v) is 10.0. The summed E-state index contributed by atoms with van der Waals surface area (Å²) in [5.41, 5.74) is 0. The molecule has 0 aromatic heterocycles. The average Bonchev–Trinajstić information content (AvgIpc) is 2.45. The molecule has 2 aromatic rings. The van der Waals surface area contributed by atoms with Crippen LogP contribution in [0.3, 0.4) is 0 Å². The van der Waals surface area contributed by atoms with Crippen molar-refractivity contribution in [3.63, 3.8) is 0 Å². The van der Waals surface area contributed by atoms with Crippen LogP contribution in [0.1, 0.15) is 0 Å². The highest BCUT2D eigenvalue weighted by Gasteiger charge is 2.47. The van der Waals surface area contributed by atoms with Gasteiger partial charge in [-0.1, -0.05) is 88.9 Å². The first-order chi connectivity index (χ1) is 9.76. The Hall–Kier alpha value is -0.210. The topological polar surface area (TPSA) is 37.3 Å². The van der Waals surface area contributed by atoms with Gasteiger partial charge in [0.25, 0.3) is 0 Å². The Labute approximate surface area is 143 Å². The maximum Gasteiger partial charge on any atom is 0.223 e. The van der Waals surface area contributed by atoms with Gasteiger partial charge in [0.1, 0.15) is 0 Å². The van der Waals surface area contributed by atoms with Crippen LogP contribution in [-0.4, -0.2) is 14.7 Å². The molecule has 0 saturated carbocycles. The van der Waals surface area contributed by atoms with Crippen LogP contribution in [0.25, 0.3) is 0 Å². The molecule has 0 aliphatic rings. The van der Waals surface area contributed by atoms with Crippen LogP contribution in [0.4, 0.5) is 0 Å². The van der Waals surface area contributed by atoms with Crippen molar-refractivity contribution in [2.75, 3.05) is 0 Å². The number of benzene rings is 2. The van der Waals surface area contributed by atoms with E-state index in [0.29, 0.717) is 15.6 Å². The summed E-state index contributed by atoms with van der Waals surface area (Å²) in [7, 11) is -3.59. The Balaban J connectivity index is 2.69. The van der Waals surface area contributed by atoms with Crippen molar-refractivity contribution in [2.24, 2.45) is 0 Å². The lowest BCUT2D eigenvalue weighted by Gasteiger charge is -2.29. The maximum atomic E-state index is 13.6. The van der Waals surface area contributed by atoms with Gasteiger partial charge in [-0.15, -0.1) is 0 Å². The minimum atomic E-state index is -3.59. The van der Waals surface area contributed by atoms with E-state index >= 15 is 0 Å². The molecule has 0 radical (unpaired) electrons. The zero-order valence-corrected chi connectivity index (χ0v) is 14.5. The molecule has 0 heterocycles. The number of halogens is 4. The largest absolute Gasteiger partial charge is 0.380 e. The lowest BCUT2D eigenvalue weighted by molar-refractivity contribution is 0.255. The van der Waals surface area contributed by atoms with Gasteiger partial charge in [0.2, 0.25) is 3.79 Å². The molecule has 2 nitrogen and oxygen atoms in total. The van der Waals surface area contributed by atoms with Crippen LogP contribution in [0.15, 0.2) is 54.6 Å². The third-order valence-electron chi connectivity index (χ3n) is 2.97. The monoisotopic (exact) mass is 382 g/mol. The normalized spacial score (nSPS) is 16.2. The summed E-state index contributed by atoms with van der Waals surface area (Å²) >= 11 is 23.3. The van der Waals surface area contributed by atoms with Gasteiger partial charge < -0.3 is 9.67 Å².